The number of nitrogens with zero attached hydrogens (tertiary/aromatic N) is 1. The van der Waals surface area contributed by atoms with Gasteiger partial charge in [0, 0.05) is 42.6 Å². The average Bonchev–Trinajstić information content (AvgIpc) is 3.26. The molecule has 3 aromatic rings. The van der Waals surface area contributed by atoms with Gasteiger partial charge < -0.3 is 33.6 Å². The predicted molar refractivity (Wildman–Crippen MR) is 116 cm³/mol. The van der Waals surface area contributed by atoms with Crippen LogP contribution in [-0.4, -0.2) is 54.0 Å². The molecule has 1 saturated heterocycles. The summed E-state index contributed by atoms with van der Waals surface area (Å²) in [5.41, 5.74) is -0.393. The first-order valence-electron chi connectivity index (χ1n) is 10.6. The summed E-state index contributed by atoms with van der Waals surface area (Å²) in [7, 11) is 0. The number of amides is 1. The lowest BCUT2D eigenvalue weighted by molar-refractivity contribution is -0.135. The SMILES string of the molecule is Cc1cc(=O)c(O)c(C(CC(=O)N2CCOCC2)c2cc3cc4c(cc3[nH]c2=O)OCO4)o1. The third-order valence-corrected chi connectivity index (χ3v) is 5.87. The van der Waals surface area contributed by atoms with Crippen LogP contribution >= 0.6 is 0 Å². The molecule has 0 spiro atoms. The van der Waals surface area contributed by atoms with Crippen molar-refractivity contribution in [2.45, 2.75) is 19.3 Å². The highest BCUT2D eigenvalue weighted by atomic mass is 16.7. The van der Waals surface area contributed by atoms with Crippen molar-refractivity contribution >= 4 is 16.8 Å². The van der Waals surface area contributed by atoms with Crippen molar-refractivity contribution in [1.82, 2.24) is 9.88 Å². The molecule has 10 nitrogen and oxygen atoms in total. The predicted octanol–water partition coefficient (Wildman–Crippen LogP) is 1.60. The number of hydrogen-bond donors (Lipinski definition) is 2. The first-order valence-corrected chi connectivity index (χ1v) is 10.6. The van der Waals surface area contributed by atoms with Gasteiger partial charge in [0.1, 0.15) is 5.76 Å². The normalized spacial score (nSPS) is 16.2. The molecule has 5 rings (SSSR count). The van der Waals surface area contributed by atoms with E-state index >= 15 is 0 Å². The molecule has 0 bridgehead atoms. The number of fused-ring (bicyclic) bond motifs is 2. The Morgan fingerprint density at radius 2 is 1.85 bits per heavy atom. The van der Waals surface area contributed by atoms with Crippen LogP contribution in [0.15, 0.2) is 38.3 Å². The Morgan fingerprint density at radius 1 is 1.12 bits per heavy atom. The molecule has 0 saturated carbocycles. The van der Waals surface area contributed by atoms with Crippen LogP contribution in [0, 0.1) is 6.92 Å². The van der Waals surface area contributed by atoms with E-state index in [1.165, 1.54) is 0 Å². The minimum absolute atomic E-state index is 0.0851. The molecule has 0 aliphatic carbocycles. The average molecular weight is 454 g/mol. The van der Waals surface area contributed by atoms with Gasteiger partial charge in [-0.1, -0.05) is 0 Å². The van der Waals surface area contributed by atoms with Crippen LogP contribution in [0.1, 0.15) is 29.4 Å². The number of morpholine rings is 1. The molecule has 0 radical (unpaired) electrons. The summed E-state index contributed by atoms with van der Waals surface area (Å²) in [4.78, 5) is 42.9. The van der Waals surface area contributed by atoms with E-state index in [2.05, 4.69) is 4.98 Å². The Hall–Kier alpha value is -3.79. The van der Waals surface area contributed by atoms with Gasteiger partial charge in [-0.15, -0.1) is 0 Å². The summed E-state index contributed by atoms with van der Waals surface area (Å²) in [6, 6.07) is 6.17. The highest BCUT2D eigenvalue weighted by molar-refractivity contribution is 5.84. The third-order valence-electron chi connectivity index (χ3n) is 5.87. The largest absolute Gasteiger partial charge is 0.502 e. The Labute approximate surface area is 187 Å². The molecule has 4 heterocycles. The lowest BCUT2D eigenvalue weighted by Crippen LogP contribution is -2.41. The highest BCUT2D eigenvalue weighted by Crippen LogP contribution is 2.37. The van der Waals surface area contributed by atoms with Crippen LogP contribution in [0.4, 0.5) is 0 Å². The quantitative estimate of drug-likeness (QED) is 0.608. The van der Waals surface area contributed by atoms with Crippen molar-refractivity contribution in [2.24, 2.45) is 0 Å². The molecule has 172 valence electrons. The van der Waals surface area contributed by atoms with Crippen LogP contribution < -0.4 is 20.5 Å². The number of benzene rings is 1. The number of rotatable bonds is 4. The minimum Gasteiger partial charge on any atom is -0.502 e. The fourth-order valence-electron chi connectivity index (χ4n) is 4.19. The Balaban J connectivity index is 1.63. The number of carbonyl (C=O) groups is 1. The standard InChI is InChI=1S/C23H22N2O8/c1-12-6-17(26)21(28)22(33-12)14(9-20(27)25-2-4-30-5-3-25)15-7-13-8-18-19(32-11-31-18)10-16(13)24-23(15)29/h6-8,10,14,28H,2-5,9,11H2,1H3,(H,24,29). The van der Waals surface area contributed by atoms with Gasteiger partial charge in [-0.3, -0.25) is 14.4 Å². The lowest BCUT2D eigenvalue weighted by atomic mass is 9.91. The first kappa shape index (κ1) is 21.1. The van der Waals surface area contributed by atoms with Crippen molar-refractivity contribution in [2.75, 3.05) is 33.1 Å². The summed E-state index contributed by atoms with van der Waals surface area (Å²) >= 11 is 0. The Bertz CT molecular complexity index is 1350. The van der Waals surface area contributed by atoms with Gasteiger partial charge in [-0.2, -0.15) is 0 Å². The number of aromatic hydroxyl groups is 1. The molecule has 10 heteroatoms. The summed E-state index contributed by atoms with van der Waals surface area (Å²) in [6.07, 6.45) is -0.168. The molecule has 1 amide bonds. The number of aryl methyl sites for hydroxylation is 1. The maximum atomic E-state index is 13.1. The van der Waals surface area contributed by atoms with E-state index in [4.69, 9.17) is 18.6 Å². The van der Waals surface area contributed by atoms with Crippen LogP contribution in [0.5, 0.6) is 17.2 Å². The number of aromatic nitrogens is 1. The number of nitrogens with one attached hydrogen (secondary N) is 1. The molecule has 2 aromatic heterocycles. The monoisotopic (exact) mass is 454 g/mol. The summed E-state index contributed by atoms with van der Waals surface area (Å²) < 4.78 is 21.8. The number of pyridine rings is 1. The lowest BCUT2D eigenvalue weighted by Gasteiger charge is -2.28. The van der Waals surface area contributed by atoms with Gasteiger partial charge in [0.15, 0.2) is 17.3 Å². The summed E-state index contributed by atoms with van der Waals surface area (Å²) in [6.45, 7) is 3.34. The van der Waals surface area contributed by atoms with Gasteiger partial charge in [-0.25, -0.2) is 0 Å². The maximum absolute atomic E-state index is 13.1. The van der Waals surface area contributed by atoms with E-state index in [-0.39, 0.29) is 36.2 Å². The Morgan fingerprint density at radius 3 is 2.61 bits per heavy atom. The zero-order chi connectivity index (χ0) is 23.1. The Kier molecular flexibility index (Phi) is 5.29. The van der Waals surface area contributed by atoms with E-state index in [0.717, 1.165) is 6.07 Å². The van der Waals surface area contributed by atoms with Crippen molar-refractivity contribution in [3.8, 4) is 17.2 Å². The first-order chi connectivity index (χ1) is 15.9. The summed E-state index contributed by atoms with van der Waals surface area (Å²) in [5.74, 6) is -0.642. The zero-order valence-corrected chi connectivity index (χ0v) is 17.9. The topological polar surface area (TPSA) is 131 Å². The van der Waals surface area contributed by atoms with Crippen LogP contribution in [0.3, 0.4) is 0 Å². The van der Waals surface area contributed by atoms with Crippen LogP contribution in [-0.2, 0) is 9.53 Å². The number of aromatic amines is 1. The molecule has 2 N–H and O–H groups in total. The number of hydrogen-bond acceptors (Lipinski definition) is 8. The number of H-pyrrole nitrogens is 1. The van der Waals surface area contributed by atoms with Gasteiger partial charge in [0.2, 0.25) is 23.9 Å². The molecule has 1 unspecified atom stereocenters. The molecular weight excluding hydrogens is 432 g/mol. The second-order valence-electron chi connectivity index (χ2n) is 8.03. The van der Waals surface area contributed by atoms with E-state index in [1.54, 1.807) is 30.0 Å². The second kappa shape index (κ2) is 8.28. The molecule has 33 heavy (non-hydrogen) atoms. The van der Waals surface area contributed by atoms with Gasteiger partial charge in [0.05, 0.1) is 24.6 Å². The maximum Gasteiger partial charge on any atom is 0.252 e. The highest BCUT2D eigenvalue weighted by Gasteiger charge is 2.31. The van der Waals surface area contributed by atoms with E-state index < -0.39 is 22.7 Å². The van der Waals surface area contributed by atoms with Gasteiger partial charge in [0.25, 0.3) is 5.56 Å². The molecule has 1 atom stereocenters. The van der Waals surface area contributed by atoms with Crippen molar-refractivity contribution in [1.29, 1.82) is 0 Å². The van der Waals surface area contributed by atoms with E-state index in [0.29, 0.717) is 48.7 Å². The molecule has 1 aromatic carbocycles. The molecule has 1 fully saturated rings. The number of ether oxygens (including phenoxy) is 3. The minimum atomic E-state index is -0.980. The van der Waals surface area contributed by atoms with Crippen LogP contribution in [0.2, 0.25) is 0 Å². The van der Waals surface area contributed by atoms with E-state index in [9.17, 15) is 19.5 Å². The van der Waals surface area contributed by atoms with Crippen molar-refractivity contribution in [3.05, 3.63) is 61.9 Å². The fourth-order valence-corrected chi connectivity index (χ4v) is 4.19. The number of carbonyl (C=O) groups excluding carboxylic acids is 1. The van der Waals surface area contributed by atoms with Crippen LogP contribution in [0.25, 0.3) is 10.9 Å². The summed E-state index contributed by atoms with van der Waals surface area (Å²) in [5, 5.41) is 11.2. The van der Waals surface area contributed by atoms with Gasteiger partial charge in [-0.05, 0) is 19.1 Å². The van der Waals surface area contributed by atoms with Crippen molar-refractivity contribution in [3.63, 3.8) is 0 Å². The molecular formula is C23H22N2O8. The zero-order valence-electron chi connectivity index (χ0n) is 17.9. The van der Waals surface area contributed by atoms with Crippen molar-refractivity contribution < 1.29 is 28.5 Å². The van der Waals surface area contributed by atoms with Gasteiger partial charge >= 0.3 is 0 Å². The second-order valence-corrected chi connectivity index (χ2v) is 8.03. The third kappa shape index (κ3) is 3.93. The smallest absolute Gasteiger partial charge is 0.252 e. The van der Waals surface area contributed by atoms with E-state index in [1.807, 2.05) is 0 Å². The fraction of sp³-hybridized carbons (Fsp3) is 0.348. The molecule has 2 aliphatic heterocycles. The molecule has 2 aliphatic rings.